The molecule has 3 N–H and O–H groups in total. The monoisotopic (exact) mass is 294 g/mol. The zero-order valence-corrected chi connectivity index (χ0v) is 12.1. The molecule has 0 saturated heterocycles. The molecule has 0 spiro atoms. The molecule has 1 unspecified atom stereocenters. The smallest absolute Gasteiger partial charge is 0.331 e. The zero-order chi connectivity index (χ0) is 16.0. The van der Waals surface area contributed by atoms with Crippen molar-refractivity contribution in [3.05, 3.63) is 35.3 Å². The lowest BCUT2D eigenvalue weighted by atomic mass is 10.1. The number of carbonyl (C=O) groups excluding carboxylic acids is 2. The average Bonchev–Trinajstić information content (AvgIpc) is 2.88. The predicted molar refractivity (Wildman–Crippen MR) is 74.6 cm³/mol. The molecule has 7 nitrogen and oxygen atoms in total. The Labute approximate surface area is 122 Å². The summed E-state index contributed by atoms with van der Waals surface area (Å²) in [5.41, 5.74) is -0.125. The summed E-state index contributed by atoms with van der Waals surface area (Å²) in [6, 6.07) is 2.60. The van der Waals surface area contributed by atoms with E-state index in [1.54, 1.807) is 19.1 Å². The Morgan fingerprint density at radius 3 is 2.48 bits per heavy atom. The number of hydrogen-bond acceptors (Lipinski definition) is 4. The Morgan fingerprint density at radius 1 is 1.29 bits per heavy atom. The summed E-state index contributed by atoms with van der Waals surface area (Å²) in [5.74, 6) is -1.22. The van der Waals surface area contributed by atoms with Crippen molar-refractivity contribution in [2.24, 2.45) is 0 Å². The SMILES string of the molecule is CC(C(=O)O)=C(C)C(=O)NC(=O)NC(C)Cc1ccco1. The largest absolute Gasteiger partial charge is 0.478 e. The van der Waals surface area contributed by atoms with E-state index < -0.39 is 17.9 Å². The summed E-state index contributed by atoms with van der Waals surface area (Å²) < 4.78 is 5.15. The highest BCUT2D eigenvalue weighted by atomic mass is 16.4. The summed E-state index contributed by atoms with van der Waals surface area (Å²) >= 11 is 0. The van der Waals surface area contributed by atoms with Gasteiger partial charge in [0.25, 0.3) is 5.91 Å². The molecule has 0 radical (unpaired) electrons. The molecule has 0 saturated carbocycles. The molecule has 0 aliphatic carbocycles. The fourth-order valence-corrected chi connectivity index (χ4v) is 1.57. The lowest BCUT2D eigenvalue weighted by molar-refractivity contribution is -0.133. The Hall–Kier alpha value is -2.57. The number of hydrogen-bond donors (Lipinski definition) is 3. The third-order valence-electron chi connectivity index (χ3n) is 2.92. The van der Waals surface area contributed by atoms with E-state index in [4.69, 9.17) is 9.52 Å². The Bertz CT molecular complexity index is 560. The molecule has 114 valence electrons. The highest BCUT2D eigenvalue weighted by molar-refractivity contribution is 6.07. The van der Waals surface area contributed by atoms with Crippen LogP contribution in [0.15, 0.2) is 34.0 Å². The van der Waals surface area contributed by atoms with Gasteiger partial charge in [-0.3, -0.25) is 10.1 Å². The van der Waals surface area contributed by atoms with Crippen LogP contribution in [0.4, 0.5) is 4.79 Å². The highest BCUT2D eigenvalue weighted by Gasteiger charge is 2.16. The van der Waals surface area contributed by atoms with E-state index in [-0.39, 0.29) is 17.2 Å². The summed E-state index contributed by atoms with van der Waals surface area (Å²) in [6.07, 6.45) is 2.02. The van der Waals surface area contributed by atoms with E-state index in [1.807, 2.05) is 0 Å². The molecule has 0 bridgehead atoms. The van der Waals surface area contributed by atoms with Gasteiger partial charge in [-0.25, -0.2) is 9.59 Å². The number of carbonyl (C=O) groups is 3. The van der Waals surface area contributed by atoms with Crippen molar-refractivity contribution in [1.82, 2.24) is 10.6 Å². The first kappa shape index (κ1) is 16.5. The van der Waals surface area contributed by atoms with E-state index in [0.717, 1.165) is 0 Å². The lowest BCUT2D eigenvalue weighted by Gasteiger charge is -2.13. The van der Waals surface area contributed by atoms with Gasteiger partial charge in [0.05, 0.1) is 6.26 Å². The maximum absolute atomic E-state index is 11.7. The topological polar surface area (TPSA) is 109 Å². The first-order valence-corrected chi connectivity index (χ1v) is 6.36. The van der Waals surface area contributed by atoms with Crippen LogP contribution in [0.1, 0.15) is 26.5 Å². The van der Waals surface area contributed by atoms with Gasteiger partial charge in [-0.1, -0.05) is 0 Å². The van der Waals surface area contributed by atoms with Crippen LogP contribution in [0.3, 0.4) is 0 Å². The average molecular weight is 294 g/mol. The summed E-state index contributed by atoms with van der Waals surface area (Å²) in [5, 5.41) is 13.4. The van der Waals surface area contributed by atoms with Crippen LogP contribution >= 0.6 is 0 Å². The number of urea groups is 1. The molecule has 0 aromatic carbocycles. The van der Waals surface area contributed by atoms with Crippen LogP contribution < -0.4 is 10.6 Å². The van der Waals surface area contributed by atoms with Crippen molar-refractivity contribution in [2.45, 2.75) is 33.2 Å². The summed E-state index contributed by atoms with van der Waals surface area (Å²) in [7, 11) is 0. The van der Waals surface area contributed by atoms with Crippen LogP contribution in [0.25, 0.3) is 0 Å². The van der Waals surface area contributed by atoms with Crippen LogP contribution in [0.2, 0.25) is 0 Å². The molecule has 1 aromatic heterocycles. The van der Waals surface area contributed by atoms with Gasteiger partial charge >= 0.3 is 12.0 Å². The molecule has 1 rings (SSSR count). The van der Waals surface area contributed by atoms with Gasteiger partial charge < -0.3 is 14.8 Å². The molecule has 21 heavy (non-hydrogen) atoms. The number of nitrogens with one attached hydrogen (secondary N) is 2. The maximum Gasteiger partial charge on any atom is 0.331 e. The van der Waals surface area contributed by atoms with Crippen molar-refractivity contribution in [2.75, 3.05) is 0 Å². The van der Waals surface area contributed by atoms with Crippen molar-refractivity contribution in [3.8, 4) is 0 Å². The molecular weight excluding hydrogens is 276 g/mol. The molecule has 1 atom stereocenters. The maximum atomic E-state index is 11.7. The van der Waals surface area contributed by atoms with Crippen LogP contribution in [0, 0.1) is 0 Å². The third-order valence-corrected chi connectivity index (χ3v) is 2.92. The molecule has 0 aliphatic rings. The molecule has 0 fully saturated rings. The standard InChI is InChI=1S/C14H18N2O5/c1-8(7-11-5-4-6-21-11)15-14(20)16-12(17)9(2)10(3)13(18)19/h4-6,8H,7H2,1-3H3,(H,18,19)(H2,15,16,17,20). The number of aliphatic carboxylic acids is 1. The van der Waals surface area contributed by atoms with Gasteiger partial charge in [0.2, 0.25) is 0 Å². The van der Waals surface area contributed by atoms with Crippen molar-refractivity contribution in [1.29, 1.82) is 0 Å². The lowest BCUT2D eigenvalue weighted by Crippen LogP contribution is -2.44. The first-order valence-electron chi connectivity index (χ1n) is 6.36. The first-order chi connectivity index (χ1) is 9.81. The predicted octanol–water partition coefficient (Wildman–Crippen LogP) is 1.46. The van der Waals surface area contributed by atoms with Gasteiger partial charge in [0, 0.05) is 23.6 Å². The minimum atomic E-state index is -1.20. The van der Waals surface area contributed by atoms with Gasteiger partial charge in [-0.15, -0.1) is 0 Å². The van der Waals surface area contributed by atoms with E-state index in [1.165, 1.54) is 20.1 Å². The minimum Gasteiger partial charge on any atom is -0.478 e. The number of imide groups is 1. The molecule has 3 amide bonds. The Morgan fingerprint density at radius 2 is 1.95 bits per heavy atom. The Balaban J connectivity index is 2.51. The number of furan rings is 1. The van der Waals surface area contributed by atoms with E-state index >= 15 is 0 Å². The fraction of sp³-hybridized carbons (Fsp3) is 0.357. The molecule has 7 heteroatoms. The second-order valence-corrected chi connectivity index (χ2v) is 4.67. The third kappa shape index (κ3) is 5.13. The Kier molecular flexibility index (Phi) is 5.71. The van der Waals surface area contributed by atoms with Crippen molar-refractivity contribution >= 4 is 17.9 Å². The zero-order valence-electron chi connectivity index (χ0n) is 12.1. The van der Waals surface area contributed by atoms with Gasteiger partial charge in [-0.2, -0.15) is 0 Å². The molecule has 1 aromatic rings. The van der Waals surface area contributed by atoms with E-state index in [2.05, 4.69) is 10.6 Å². The number of carboxylic acid groups (broad SMARTS) is 1. The highest BCUT2D eigenvalue weighted by Crippen LogP contribution is 2.05. The molecule has 1 heterocycles. The second kappa shape index (κ2) is 7.28. The van der Waals surface area contributed by atoms with Crippen LogP contribution in [-0.2, 0) is 16.0 Å². The molecular formula is C14H18N2O5. The van der Waals surface area contributed by atoms with Gasteiger partial charge in [-0.05, 0) is 32.9 Å². The molecule has 0 aliphatic heterocycles. The van der Waals surface area contributed by atoms with Gasteiger partial charge in [0.1, 0.15) is 5.76 Å². The fourth-order valence-electron chi connectivity index (χ4n) is 1.57. The van der Waals surface area contributed by atoms with Crippen molar-refractivity contribution in [3.63, 3.8) is 0 Å². The van der Waals surface area contributed by atoms with Gasteiger partial charge in [0.15, 0.2) is 0 Å². The van der Waals surface area contributed by atoms with E-state index in [9.17, 15) is 14.4 Å². The number of rotatable bonds is 5. The minimum absolute atomic E-state index is 0.0173. The van der Waals surface area contributed by atoms with Crippen molar-refractivity contribution < 1.29 is 23.9 Å². The quantitative estimate of drug-likeness (QED) is 0.712. The van der Waals surface area contributed by atoms with E-state index in [0.29, 0.717) is 12.2 Å². The summed E-state index contributed by atoms with van der Waals surface area (Å²) in [6.45, 7) is 4.41. The normalized spacial score (nSPS) is 13.1. The number of carboxylic acids is 1. The van der Waals surface area contributed by atoms with Crippen LogP contribution in [0.5, 0.6) is 0 Å². The number of amides is 3. The van der Waals surface area contributed by atoms with Crippen LogP contribution in [-0.4, -0.2) is 29.1 Å². The summed E-state index contributed by atoms with van der Waals surface area (Å²) in [4.78, 5) is 34.1. The second-order valence-electron chi connectivity index (χ2n) is 4.67.